The fourth-order valence-corrected chi connectivity index (χ4v) is 5.71. The molecule has 2 saturated carbocycles. The lowest BCUT2D eigenvalue weighted by atomic mass is 9.75. The maximum Gasteiger partial charge on any atom is 0.123 e. The number of benzene rings is 1. The molecule has 2 aliphatic rings. The number of hydrogen-bond acceptors (Lipinski definition) is 2. The summed E-state index contributed by atoms with van der Waals surface area (Å²) in [6.45, 7) is 0. The van der Waals surface area contributed by atoms with Crippen LogP contribution in [0.4, 0.5) is 4.39 Å². The second-order valence-corrected chi connectivity index (χ2v) is 8.95. The molecule has 2 heterocycles. The largest absolute Gasteiger partial charge is 0.381 e. The number of hydrogen-bond donors (Lipinski definition) is 0. The molecule has 2 aromatic heterocycles. The van der Waals surface area contributed by atoms with Crippen LogP contribution in [0.2, 0.25) is 0 Å². The zero-order chi connectivity index (χ0) is 21.2. The standard InChI is InChI=1S/C27H29FN2O/c1-31-27-17-21-16-24(30-13-2-3-14-30)10-12-25(21)26(27)11-9-23-8-7-20(18-29-23)19-5-4-6-22(28)15-19/h2-9,11,13-15,18,21,24-27H,10,12,16-17H2,1H3/t21-,24?,25+,26+,27-/m1/s1. The van der Waals surface area contributed by atoms with Crippen LogP contribution >= 0.6 is 0 Å². The highest BCUT2D eigenvalue weighted by molar-refractivity contribution is 5.63. The molecule has 1 unspecified atom stereocenters. The van der Waals surface area contributed by atoms with Crippen molar-refractivity contribution >= 4 is 6.08 Å². The van der Waals surface area contributed by atoms with Gasteiger partial charge in [-0.15, -0.1) is 0 Å². The first-order valence-corrected chi connectivity index (χ1v) is 11.3. The molecule has 0 spiro atoms. The predicted molar refractivity (Wildman–Crippen MR) is 122 cm³/mol. The number of methoxy groups -OCH3 is 1. The molecule has 0 radical (unpaired) electrons. The van der Waals surface area contributed by atoms with Crippen molar-refractivity contribution in [1.82, 2.24) is 9.55 Å². The van der Waals surface area contributed by atoms with E-state index >= 15 is 0 Å². The third kappa shape index (κ3) is 4.22. The van der Waals surface area contributed by atoms with Gasteiger partial charge in [0, 0.05) is 43.2 Å². The van der Waals surface area contributed by atoms with E-state index in [0.29, 0.717) is 23.8 Å². The van der Waals surface area contributed by atoms with E-state index in [1.807, 2.05) is 31.5 Å². The number of ether oxygens (including phenoxy) is 1. The zero-order valence-corrected chi connectivity index (χ0v) is 17.9. The van der Waals surface area contributed by atoms with E-state index in [1.165, 1.54) is 25.3 Å². The lowest BCUT2D eigenvalue weighted by Crippen LogP contribution is -2.26. The van der Waals surface area contributed by atoms with Crippen LogP contribution in [-0.4, -0.2) is 22.8 Å². The number of halogens is 1. The summed E-state index contributed by atoms with van der Waals surface area (Å²) in [5, 5.41) is 0. The smallest absolute Gasteiger partial charge is 0.123 e. The summed E-state index contributed by atoms with van der Waals surface area (Å²) < 4.78 is 21.8. The molecule has 3 aromatic rings. The Balaban J connectivity index is 1.28. The van der Waals surface area contributed by atoms with Gasteiger partial charge in [-0.05, 0) is 79.5 Å². The Kier molecular flexibility index (Phi) is 5.73. The van der Waals surface area contributed by atoms with Gasteiger partial charge < -0.3 is 9.30 Å². The topological polar surface area (TPSA) is 27.1 Å². The molecule has 0 amide bonds. The Labute approximate surface area is 183 Å². The number of nitrogens with zero attached hydrogens (tertiary/aromatic N) is 2. The third-order valence-corrected chi connectivity index (χ3v) is 7.26. The van der Waals surface area contributed by atoms with Gasteiger partial charge in [-0.1, -0.05) is 24.3 Å². The summed E-state index contributed by atoms with van der Waals surface area (Å²) in [7, 11) is 1.85. The van der Waals surface area contributed by atoms with Crippen molar-refractivity contribution < 1.29 is 9.13 Å². The molecule has 2 aliphatic carbocycles. The molecule has 160 valence electrons. The monoisotopic (exact) mass is 416 g/mol. The van der Waals surface area contributed by atoms with Crippen LogP contribution < -0.4 is 0 Å². The summed E-state index contributed by atoms with van der Waals surface area (Å²) in [5.41, 5.74) is 2.70. The quantitative estimate of drug-likeness (QED) is 0.481. The van der Waals surface area contributed by atoms with Crippen LogP contribution in [0.5, 0.6) is 0 Å². The summed E-state index contributed by atoms with van der Waals surface area (Å²) in [4.78, 5) is 4.59. The Morgan fingerprint density at radius 3 is 2.65 bits per heavy atom. The van der Waals surface area contributed by atoms with E-state index in [-0.39, 0.29) is 11.9 Å². The number of aromatic nitrogens is 2. The van der Waals surface area contributed by atoms with Gasteiger partial charge in [0.2, 0.25) is 0 Å². The molecule has 4 heteroatoms. The van der Waals surface area contributed by atoms with E-state index < -0.39 is 0 Å². The van der Waals surface area contributed by atoms with E-state index in [1.54, 1.807) is 12.1 Å². The van der Waals surface area contributed by atoms with E-state index in [2.05, 4.69) is 46.2 Å². The Morgan fingerprint density at radius 2 is 1.90 bits per heavy atom. The van der Waals surface area contributed by atoms with Crippen LogP contribution in [0.25, 0.3) is 17.2 Å². The maximum absolute atomic E-state index is 13.5. The van der Waals surface area contributed by atoms with Gasteiger partial charge in [-0.3, -0.25) is 4.98 Å². The fourth-order valence-electron chi connectivity index (χ4n) is 5.71. The molecule has 3 nitrogen and oxygen atoms in total. The molecule has 0 saturated heterocycles. The first kappa shape index (κ1) is 20.2. The van der Waals surface area contributed by atoms with Crippen molar-refractivity contribution in [3.05, 3.63) is 84.7 Å². The molecule has 0 N–H and O–H groups in total. The van der Waals surface area contributed by atoms with Crippen molar-refractivity contribution in [2.45, 2.75) is 37.8 Å². The first-order valence-electron chi connectivity index (χ1n) is 11.3. The van der Waals surface area contributed by atoms with E-state index in [4.69, 9.17) is 4.74 Å². The fraction of sp³-hybridized carbons (Fsp3) is 0.370. The second kappa shape index (κ2) is 8.80. The summed E-state index contributed by atoms with van der Waals surface area (Å²) in [6.07, 6.45) is 15.8. The van der Waals surface area contributed by atoms with Crippen LogP contribution in [0.15, 0.2) is 73.2 Å². The molecule has 31 heavy (non-hydrogen) atoms. The van der Waals surface area contributed by atoms with Crippen molar-refractivity contribution in [3.8, 4) is 11.1 Å². The molecule has 0 bridgehead atoms. The third-order valence-electron chi connectivity index (χ3n) is 7.26. The van der Waals surface area contributed by atoms with Gasteiger partial charge in [-0.25, -0.2) is 4.39 Å². The average molecular weight is 417 g/mol. The second-order valence-electron chi connectivity index (χ2n) is 8.95. The van der Waals surface area contributed by atoms with Gasteiger partial charge in [0.25, 0.3) is 0 Å². The van der Waals surface area contributed by atoms with E-state index in [9.17, 15) is 4.39 Å². The van der Waals surface area contributed by atoms with Gasteiger partial charge in [0.1, 0.15) is 5.82 Å². The van der Waals surface area contributed by atoms with Crippen molar-refractivity contribution in [2.24, 2.45) is 17.8 Å². The maximum atomic E-state index is 13.5. The molecule has 0 aliphatic heterocycles. The van der Waals surface area contributed by atoms with Crippen LogP contribution in [0.1, 0.15) is 37.4 Å². The predicted octanol–water partition coefficient (Wildman–Crippen LogP) is 6.39. The Morgan fingerprint density at radius 1 is 1.03 bits per heavy atom. The lowest BCUT2D eigenvalue weighted by molar-refractivity contribution is 0.0777. The molecule has 2 fully saturated rings. The minimum Gasteiger partial charge on any atom is -0.381 e. The molecule has 1 aromatic carbocycles. The highest BCUT2D eigenvalue weighted by atomic mass is 19.1. The van der Waals surface area contributed by atoms with Gasteiger partial charge in [0.05, 0.1) is 11.8 Å². The molecular formula is C27H29FN2O. The lowest BCUT2D eigenvalue weighted by Gasteiger charge is -2.34. The number of fused-ring (bicyclic) bond motifs is 1. The Bertz CT molecular complexity index is 1030. The van der Waals surface area contributed by atoms with Crippen molar-refractivity contribution in [1.29, 1.82) is 0 Å². The van der Waals surface area contributed by atoms with Crippen LogP contribution in [0.3, 0.4) is 0 Å². The first-order chi connectivity index (χ1) is 15.2. The zero-order valence-electron chi connectivity index (χ0n) is 17.9. The molecular weight excluding hydrogens is 387 g/mol. The highest BCUT2D eigenvalue weighted by Gasteiger charge is 2.45. The average Bonchev–Trinajstić information content (AvgIpc) is 3.45. The summed E-state index contributed by atoms with van der Waals surface area (Å²) >= 11 is 0. The van der Waals surface area contributed by atoms with Crippen LogP contribution in [0, 0.1) is 23.6 Å². The van der Waals surface area contributed by atoms with Gasteiger partial charge >= 0.3 is 0 Å². The van der Waals surface area contributed by atoms with Crippen molar-refractivity contribution in [2.75, 3.05) is 7.11 Å². The summed E-state index contributed by atoms with van der Waals surface area (Å²) in [5.74, 6) is 1.60. The number of rotatable bonds is 5. The minimum absolute atomic E-state index is 0.227. The van der Waals surface area contributed by atoms with Crippen molar-refractivity contribution in [3.63, 3.8) is 0 Å². The van der Waals surface area contributed by atoms with Crippen LogP contribution in [-0.2, 0) is 4.74 Å². The highest BCUT2D eigenvalue weighted by Crippen LogP contribution is 2.50. The van der Waals surface area contributed by atoms with Gasteiger partial charge in [0.15, 0.2) is 0 Å². The number of pyridine rings is 1. The van der Waals surface area contributed by atoms with Gasteiger partial charge in [-0.2, -0.15) is 0 Å². The summed E-state index contributed by atoms with van der Waals surface area (Å²) in [6, 6.07) is 15.5. The SMILES string of the molecule is CO[C@@H]1C[C@H]2CC(n3cccc3)CC[C@@H]2[C@@H]1C=Cc1ccc(-c2cccc(F)c2)cn1. The van der Waals surface area contributed by atoms with E-state index in [0.717, 1.165) is 23.2 Å². The molecule has 5 rings (SSSR count). The normalized spacial score (nSPS) is 28.1. The minimum atomic E-state index is -0.227. The Hall–Kier alpha value is -2.72. The molecule has 5 atom stereocenters.